The number of nitrogen functional groups attached to an aromatic ring is 1. The zero-order valence-corrected chi connectivity index (χ0v) is 22.0. The van der Waals surface area contributed by atoms with Crippen molar-refractivity contribution in [1.29, 1.82) is 5.41 Å². The number of amidine groups is 1. The van der Waals surface area contributed by atoms with Gasteiger partial charge in [-0.1, -0.05) is 54.6 Å². The monoisotopic (exact) mass is 528 g/mol. The molecule has 1 aliphatic rings. The maximum Gasteiger partial charge on any atom is 0.411 e. The number of nitrogens with zero attached hydrogens (tertiary/aromatic N) is 1. The minimum atomic E-state index is -0.518. The van der Waals surface area contributed by atoms with Gasteiger partial charge in [-0.2, -0.15) is 0 Å². The third-order valence-corrected chi connectivity index (χ3v) is 7.88. The number of nitrogens with two attached hydrogens (primary N) is 1. The summed E-state index contributed by atoms with van der Waals surface area (Å²) in [7, 11) is 0. The summed E-state index contributed by atoms with van der Waals surface area (Å²) in [6.07, 6.45) is 2.36. The third-order valence-electron chi connectivity index (χ3n) is 6.74. The van der Waals surface area contributed by atoms with E-state index < -0.39 is 12.2 Å². The third kappa shape index (κ3) is 6.33. The van der Waals surface area contributed by atoms with Crippen molar-refractivity contribution in [2.24, 2.45) is 5.73 Å². The zero-order chi connectivity index (χ0) is 26.3. The number of anilines is 1. The Labute approximate surface area is 226 Å². The van der Waals surface area contributed by atoms with Gasteiger partial charge in [0, 0.05) is 22.3 Å². The van der Waals surface area contributed by atoms with Crippen molar-refractivity contribution in [3.05, 3.63) is 94.9 Å². The molecule has 4 N–H and O–H groups in total. The molecule has 1 saturated heterocycles. The molecule has 0 saturated carbocycles. The van der Waals surface area contributed by atoms with Crippen molar-refractivity contribution in [3.8, 4) is 5.75 Å². The number of carbonyl (C=O) groups excluding carboxylic acids is 1. The SMILES string of the molecule is N=C(N)c1cc2c(OC(COC(=O)Nc3ccccc3CCN3CCCC3)c3ccccc3)cccc2s1. The Kier molecular flexibility index (Phi) is 8.21. The van der Waals surface area contributed by atoms with Crippen molar-refractivity contribution in [2.75, 3.05) is 31.6 Å². The maximum absolute atomic E-state index is 12.9. The fraction of sp³-hybridized carbons (Fsp3) is 0.267. The second-order valence-corrected chi connectivity index (χ2v) is 10.5. The molecule has 0 aliphatic carbocycles. The molecule has 1 amide bonds. The molecule has 0 spiro atoms. The summed E-state index contributed by atoms with van der Waals surface area (Å²) >= 11 is 1.45. The summed E-state index contributed by atoms with van der Waals surface area (Å²) in [6.45, 7) is 3.31. The molecule has 0 radical (unpaired) electrons. The summed E-state index contributed by atoms with van der Waals surface area (Å²) in [6, 6.07) is 25.2. The fourth-order valence-corrected chi connectivity index (χ4v) is 5.67. The van der Waals surface area contributed by atoms with Crippen LogP contribution in [0, 0.1) is 5.41 Å². The lowest BCUT2D eigenvalue weighted by Crippen LogP contribution is -2.23. The van der Waals surface area contributed by atoms with Gasteiger partial charge in [0.25, 0.3) is 0 Å². The maximum atomic E-state index is 12.9. The molecule has 1 unspecified atom stereocenters. The van der Waals surface area contributed by atoms with E-state index in [9.17, 15) is 4.79 Å². The van der Waals surface area contributed by atoms with Gasteiger partial charge in [0.05, 0.1) is 4.88 Å². The van der Waals surface area contributed by atoms with E-state index in [0.29, 0.717) is 10.6 Å². The Balaban J connectivity index is 1.28. The van der Waals surface area contributed by atoms with Crippen LogP contribution < -0.4 is 15.8 Å². The standard InChI is InChI=1S/C30H32N4O3S/c31-29(32)28-19-23-25(13-8-14-27(23)38-28)37-26(22-10-2-1-3-11-22)20-36-30(35)33-24-12-5-4-9-21(24)15-18-34-16-6-7-17-34/h1-5,8-14,19,26H,6-7,15-18,20H2,(H3,31,32)(H,33,35). The Morgan fingerprint density at radius 2 is 1.79 bits per heavy atom. The van der Waals surface area contributed by atoms with Gasteiger partial charge in [-0.25, -0.2) is 4.79 Å². The van der Waals surface area contributed by atoms with Crippen LogP contribution in [-0.2, 0) is 11.2 Å². The second-order valence-electron chi connectivity index (χ2n) is 9.39. The van der Waals surface area contributed by atoms with E-state index in [4.69, 9.17) is 20.6 Å². The number of hydrogen-bond donors (Lipinski definition) is 3. The number of ether oxygens (including phenoxy) is 2. The van der Waals surface area contributed by atoms with Gasteiger partial charge in [0.2, 0.25) is 0 Å². The van der Waals surface area contributed by atoms with E-state index in [1.54, 1.807) is 0 Å². The Bertz CT molecular complexity index is 1400. The molecule has 5 rings (SSSR count). The molecule has 2 heterocycles. The number of rotatable bonds is 10. The fourth-order valence-electron chi connectivity index (χ4n) is 4.73. The van der Waals surface area contributed by atoms with Gasteiger partial charge >= 0.3 is 6.09 Å². The normalized spacial score (nSPS) is 14.3. The second kappa shape index (κ2) is 12.1. The van der Waals surface area contributed by atoms with E-state index >= 15 is 0 Å². The summed E-state index contributed by atoms with van der Waals surface area (Å²) in [4.78, 5) is 16.0. The van der Waals surface area contributed by atoms with Gasteiger partial charge < -0.3 is 20.1 Å². The average molecular weight is 529 g/mol. The van der Waals surface area contributed by atoms with Crippen LogP contribution in [0.4, 0.5) is 10.5 Å². The molecular formula is C30H32N4O3S. The Morgan fingerprint density at radius 3 is 2.58 bits per heavy atom. The zero-order valence-electron chi connectivity index (χ0n) is 21.2. The van der Waals surface area contributed by atoms with Crippen molar-refractivity contribution in [1.82, 2.24) is 4.90 Å². The number of hydrogen-bond acceptors (Lipinski definition) is 6. The molecule has 1 atom stereocenters. The first-order valence-electron chi connectivity index (χ1n) is 12.9. The first-order valence-corrected chi connectivity index (χ1v) is 13.7. The number of para-hydroxylation sites is 1. The van der Waals surface area contributed by atoms with E-state index in [2.05, 4.69) is 16.3 Å². The lowest BCUT2D eigenvalue weighted by Gasteiger charge is -2.21. The smallest absolute Gasteiger partial charge is 0.411 e. The molecule has 4 aromatic rings. The van der Waals surface area contributed by atoms with Crippen molar-refractivity contribution in [2.45, 2.75) is 25.4 Å². The lowest BCUT2D eigenvalue weighted by molar-refractivity contribution is 0.0910. The average Bonchev–Trinajstić information content (AvgIpc) is 3.62. The van der Waals surface area contributed by atoms with Crippen LogP contribution in [0.15, 0.2) is 78.9 Å². The summed E-state index contributed by atoms with van der Waals surface area (Å²) in [5.41, 5.74) is 8.47. The Hall–Kier alpha value is -3.88. The van der Waals surface area contributed by atoms with Gasteiger partial charge in [-0.05, 0) is 67.7 Å². The molecule has 1 aliphatic heterocycles. The molecule has 38 heavy (non-hydrogen) atoms. The summed E-state index contributed by atoms with van der Waals surface area (Å²) < 4.78 is 13.1. The molecule has 7 nitrogen and oxygen atoms in total. The Morgan fingerprint density at radius 1 is 1.03 bits per heavy atom. The van der Waals surface area contributed by atoms with Crippen molar-refractivity contribution >= 4 is 39.0 Å². The number of carbonyl (C=O) groups is 1. The highest BCUT2D eigenvalue weighted by atomic mass is 32.1. The van der Waals surface area contributed by atoms with Gasteiger partial charge in [-0.15, -0.1) is 11.3 Å². The lowest BCUT2D eigenvalue weighted by atomic mass is 10.1. The van der Waals surface area contributed by atoms with Crippen LogP contribution in [-0.4, -0.2) is 43.1 Å². The largest absolute Gasteiger partial charge is 0.481 e. The number of nitrogens with one attached hydrogen (secondary N) is 2. The van der Waals surface area contributed by atoms with E-state index in [0.717, 1.165) is 53.0 Å². The predicted molar refractivity (Wildman–Crippen MR) is 153 cm³/mol. The predicted octanol–water partition coefficient (Wildman–Crippen LogP) is 6.19. The van der Waals surface area contributed by atoms with E-state index in [-0.39, 0.29) is 12.4 Å². The van der Waals surface area contributed by atoms with Crippen LogP contribution in [0.2, 0.25) is 0 Å². The summed E-state index contributed by atoms with van der Waals surface area (Å²) in [5, 5.41) is 11.6. The van der Waals surface area contributed by atoms with E-state index in [1.807, 2.05) is 72.8 Å². The molecule has 196 valence electrons. The molecule has 1 aromatic heterocycles. The molecular weight excluding hydrogens is 496 g/mol. The van der Waals surface area contributed by atoms with Crippen LogP contribution >= 0.6 is 11.3 Å². The van der Waals surface area contributed by atoms with Gasteiger partial charge in [0.1, 0.15) is 18.2 Å². The summed E-state index contributed by atoms with van der Waals surface area (Å²) in [5.74, 6) is 0.675. The number of amides is 1. The highest BCUT2D eigenvalue weighted by Crippen LogP contribution is 2.35. The number of benzene rings is 3. The highest BCUT2D eigenvalue weighted by molar-refractivity contribution is 7.20. The van der Waals surface area contributed by atoms with Crippen LogP contribution in [0.3, 0.4) is 0 Å². The minimum absolute atomic E-state index is 0.0254. The van der Waals surface area contributed by atoms with Crippen LogP contribution in [0.5, 0.6) is 5.75 Å². The molecule has 8 heteroatoms. The molecule has 1 fully saturated rings. The van der Waals surface area contributed by atoms with Crippen molar-refractivity contribution in [3.63, 3.8) is 0 Å². The van der Waals surface area contributed by atoms with Gasteiger partial charge in [0.15, 0.2) is 6.10 Å². The quantitative estimate of drug-likeness (QED) is 0.168. The first-order chi connectivity index (χ1) is 18.6. The van der Waals surface area contributed by atoms with Crippen LogP contribution in [0.25, 0.3) is 10.1 Å². The highest BCUT2D eigenvalue weighted by Gasteiger charge is 2.19. The van der Waals surface area contributed by atoms with Gasteiger partial charge in [-0.3, -0.25) is 10.7 Å². The van der Waals surface area contributed by atoms with Crippen molar-refractivity contribution < 1.29 is 14.3 Å². The molecule has 3 aromatic carbocycles. The topological polar surface area (TPSA) is 101 Å². The van der Waals surface area contributed by atoms with E-state index in [1.165, 1.54) is 24.2 Å². The van der Waals surface area contributed by atoms with Crippen LogP contribution in [0.1, 0.15) is 34.9 Å². The number of thiophene rings is 1. The number of likely N-dealkylation sites (tertiary alicyclic amines) is 1. The number of fused-ring (bicyclic) bond motifs is 1. The molecule has 0 bridgehead atoms. The first kappa shape index (κ1) is 25.8. The minimum Gasteiger partial charge on any atom is -0.481 e.